The average molecular weight is 292 g/mol. The maximum absolute atomic E-state index is 11.2. The molecule has 4 nitrogen and oxygen atoms in total. The molecule has 0 bridgehead atoms. The number of hydrogen-bond donors (Lipinski definition) is 1. The first-order chi connectivity index (χ1) is 10.2. The summed E-state index contributed by atoms with van der Waals surface area (Å²) in [4.78, 5) is 11.2. The lowest BCUT2D eigenvalue weighted by Crippen LogP contribution is -2.30. The number of ether oxygens (including phenoxy) is 2. The van der Waals surface area contributed by atoms with Crippen LogP contribution >= 0.6 is 0 Å². The Balaban J connectivity index is 2.13. The zero-order valence-electron chi connectivity index (χ0n) is 12.6. The second kappa shape index (κ2) is 8.03. The molecule has 2 unspecified atom stereocenters. The summed E-state index contributed by atoms with van der Waals surface area (Å²) in [6.45, 7) is 2.67. The molecule has 116 valence electrons. The van der Waals surface area contributed by atoms with Crippen LogP contribution in [0.15, 0.2) is 18.2 Å². The first-order valence-electron chi connectivity index (χ1n) is 7.81. The van der Waals surface area contributed by atoms with Gasteiger partial charge >= 0.3 is 0 Å². The topological polar surface area (TPSA) is 55.8 Å². The van der Waals surface area contributed by atoms with Crippen molar-refractivity contribution in [2.45, 2.75) is 57.7 Å². The molecule has 1 fully saturated rings. The SMILES string of the molecule is CCCOc1ccc(C=O)c(OC2CCCCCC2O)c1. The van der Waals surface area contributed by atoms with Gasteiger partial charge < -0.3 is 14.6 Å². The normalized spacial score (nSPS) is 22.4. The van der Waals surface area contributed by atoms with Gasteiger partial charge in [0.1, 0.15) is 17.6 Å². The molecular formula is C17H24O4. The predicted molar refractivity (Wildman–Crippen MR) is 81.1 cm³/mol. The Morgan fingerprint density at radius 1 is 1.29 bits per heavy atom. The number of rotatable bonds is 6. The van der Waals surface area contributed by atoms with E-state index in [1.165, 1.54) is 0 Å². The Morgan fingerprint density at radius 2 is 2.10 bits per heavy atom. The van der Waals surface area contributed by atoms with Crippen molar-refractivity contribution in [2.24, 2.45) is 0 Å². The Hall–Kier alpha value is -1.55. The summed E-state index contributed by atoms with van der Waals surface area (Å²) in [6.07, 6.45) is 5.77. The van der Waals surface area contributed by atoms with Crippen molar-refractivity contribution in [3.63, 3.8) is 0 Å². The molecule has 1 saturated carbocycles. The van der Waals surface area contributed by atoms with Crippen molar-refractivity contribution >= 4 is 6.29 Å². The summed E-state index contributed by atoms with van der Waals surface area (Å²) >= 11 is 0. The zero-order chi connectivity index (χ0) is 15.1. The van der Waals surface area contributed by atoms with Crippen LogP contribution in [0.25, 0.3) is 0 Å². The molecule has 2 atom stereocenters. The van der Waals surface area contributed by atoms with E-state index in [1.54, 1.807) is 18.2 Å². The van der Waals surface area contributed by atoms with Crippen molar-refractivity contribution in [3.05, 3.63) is 23.8 Å². The molecule has 1 aromatic carbocycles. The Labute approximate surface area is 126 Å². The lowest BCUT2D eigenvalue weighted by Gasteiger charge is -2.23. The van der Waals surface area contributed by atoms with Gasteiger partial charge in [0.05, 0.1) is 18.3 Å². The highest BCUT2D eigenvalue weighted by atomic mass is 16.5. The highest BCUT2D eigenvalue weighted by molar-refractivity contribution is 5.79. The third-order valence-corrected chi connectivity index (χ3v) is 3.78. The van der Waals surface area contributed by atoms with Gasteiger partial charge in [-0.2, -0.15) is 0 Å². The molecule has 2 rings (SSSR count). The van der Waals surface area contributed by atoms with E-state index < -0.39 is 6.10 Å². The first kappa shape index (κ1) is 15.8. The van der Waals surface area contributed by atoms with Crippen LogP contribution in [0.1, 0.15) is 55.8 Å². The standard InChI is InChI=1S/C17H24O4/c1-2-10-20-14-9-8-13(12-18)17(11-14)21-16-7-5-3-4-6-15(16)19/h8-9,11-12,15-16,19H,2-7,10H2,1H3. The van der Waals surface area contributed by atoms with Crippen molar-refractivity contribution < 1.29 is 19.4 Å². The Kier molecular flexibility index (Phi) is 6.05. The number of benzene rings is 1. The molecule has 0 aromatic heterocycles. The molecule has 1 aromatic rings. The van der Waals surface area contributed by atoms with Gasteiger partial charge in [-0.15, -0.1) is 0 Å². The molecule has 0 heterocycles. The van der Waals surface area contributed by atoms with Crippen molar-refractivity contribution in [1.29, 1.82) is 0 Å². The molecule has 0 radical (unpaired) electrons. The van der Waals surface area contributed by atoms with E-state index in [1.807, 2.05) is 6.92 Å². The second-order valence-corrected chi connectivity index (χ2v) is 5.53. The maximum Gasteiger partial charge on any atom is 0.153 e. The smallest absolute Gasteiger partial charge is 0.153 e. The molecule has 0 amide bonds. The van der Waals surface area contributed by atoms with Crippen LogP contribution in [0.3, 0.4) is 0 Å². The monoisotopic (exact) mass is 292 g/mol. The maximum atomic E-state index is 11.2. The Bertz CT molecular complexity index is 458. The van der Waals surface area contributed by atoms with Gasteiger partial charge in [0.15, 0.2) is 6.29 Å². The third-order valence-electron chi connectivity index (χ3n) is 3.78. The van der Waals surface area contributed by atoms with Gasteiger partial charge in [0, 0.05) is 6.07 Å². The predicted octanol–water partition coefficient (Wildman–Crippen LogP) is 3.36. The summed E-state index contributed by atoms with van der Waals surface area (Å²) in [5.41, 5.74) is 0.496. The minimum Gasteiger partial charge on any atom is -0.493 e. The van der Waals surface area contributed by atoms with E-state index in [9.17, 15) is 9.90 Å². The highest BCUT2D eigenvalue weighted by Gasteiger charge is 2.24. The average Bonchev–Trinajstić information content (AvgIpc) is 2.70. The van der Waals surface area contributed by atoms with Crippen LogP contribution in [-0.4, -0.2) is 30.2 Å². The molecule has 0 saturated heterocycles. The summed E-state index contributed by atoms with van der Waals surface area (Å²) in [5.74, 6) is 1.20. The minimum absolute atomic E-state index is 0.243. The zero-order valence-corrected chi connectivity index (χ0v) is 12.6. The molecule has 1 N–H and O–H groups in total. The number of carbonyl (C=O) groups excluding carboxylic acids is 1. The minimum atomic E-state index is -0.466. The van der Waals surface area contributed by atoms with E-state index in [-0.39, 0.29) is 6.10 Å². The molecule has 1 aliphatic rings. The number of aldehydes is 1. The number of aliphatic hydroxyl groups excluding tert-OH is 1. The van der Waals surface area contributed by atoms with E-state index in [0.29, 0.717) is 23.7 Å². The largest absolute Gasteiger partial charge is 0.493 e. The van der Waals surface area contributed by atoms with Gasteiger partial charge in [0.2, 0.25) is 0 Å². The summed E-state index contributed by atoms with van der Waals surface area (Å²) in [7, 11) is 0. The molecule has 21 heavy (non-hydrogen) atoms. The van der Waals surface area contributed by atoms with Crippen LogP contribution in [-0.2, 0) is 0 Å². The molecule has 4 heteroatoms. The Morgan fingerprint density at radius 3 is 2.86 bits per heavy atom. The van der Waals surface area contributed by atoms with E-state index in [4.69, 9.17) is 9.47 Å². The van der Waals surface area contributed by atoms with E-state index >= 15 is 0 Å². The number of aliphatic hydroxyl groups is 1. The summed E-state index contributed by atoms with van der Waals surface area (Å²) in [6, 6.07) is 5.23. The van der Waals surface area contributed by atoms with Crippen molar-refractivity contribution in [2.75, 3.05) is 6.61 Å². The van der Waals surface area contributed by atoms with Crippen LogP contribution < -0.4 is 9.47 Å². The lowest BCUT2D eigenvalue weighted by atomic mass is 10.1. The third kappa shape index (κ3) is 4.46. The summed E-state index contributed by atoms with van der Waals surface area (Å²) < 4.78 is 11.5. The molecule has 0 aliphatic heterocycles. The quantitative estimate of drug-likeness (QED) is 0.645. The van der Waals surface area contributed by atoms with Gasteiger partial charge in [-0.05, 0) is 37.8 Å². The number of hydrogen-bond acceptors (Lipinski definition) is 4. The van der Waals surface area contributed by atoms with Crippen LogP contribution in [0, 0.1) is 0 Å². The van der Waals surface area contributed by atoms with Crippen LogP contribution in [0.5, 0.6) is 11.5 Å². The summed E-state index contributed by atoms with van der Waals surface area (Å²) in [5, 5.41) is 10.1. The fraction of sp³-hybridized carbons (Fsp3) is 0.588. The van der Waals surface area contributed by atoms with Crippen LogP contribution in [0.2, 0.25) is 0 Å². The number of carbonyl (C=O) groups is 1. The van der Waals surface area contributed by atoms with Gasteiger partial charge in [-0.3, -0.25) is 4.79 Å². The van der Waals surface area contributed by atoms with Gasteiger partial charge in [-0.1, -0.05) is 19.8 Å². The molecule has 1 aliphatic carbocycles. The van der Waals surface area contributed by atoms with Crippen LogP contribution in [0.4, 0.5) is 0 Å². The molecule has 0 spiro atoms. The van der Waals surface area contributed by atoms with Gasteiger partial charge in [0.25, 0.3) is 0 Å². The first-order valence-corrected chi connectivity index (χ1v) is 7.81. The lowest BCUT2D eigenvalue weighted by molar-refractivity contribution is 0.0314. The van der Waals surface area contributed by atoms with E-state index in [2.05, 4.69) is 0 Å². The van der Waals surface area contributed by atoms with Crippen molar-refractivity contribution in [3.8, 4) is 11.5 Å². The second-order valence-electron chi connectivity index (χ2n) is 5.53. The molecular weight excluding hydrogens is 268 g/mol. The van der Waals surface area contributed by atoms with Crippen molar-refractivity contribution in [1.82, 2.24) is 0 Å². The highest BCUT2D eigenvalue weighted by Crippen LogP contribution is 2.28. The fourth-order valence-corrected chi connectivity index (χ4v) is 2.58. The van der Waals surface area contributed by atoms with Gasteiger partial charge in [-0.25, -0.2) is 0 Å². The van der Waals surface area contributed by atoms with E-state index in [0.717, 1.165) is 44.8 Å². The fourth-order valence-electron chi connectivity index (χ4n) is 2.58.